The van der Waals surface area contributed by atoms with Gasteiger partial charge in [0.1, 0.15) is 5.76 Å². The number of hydrogen-bond donors (Lipinski definition) is 0. The van der Waals surface area contributed by atoms with Gasteiger partial charge in [0.2, 0.25) is 0 Å². The summed E-state index contributed by atoms with van der Waals surface area (Å²) in [5.41, 5.74) is 0. The van der Waals surface area contributed by atoms with Crippen molar-refractivity contribution in [2.45, 2.75) is 6.04 Å². The fourth-order valence-corrected chi connectivity index (χ4v) is 1.84. The molecule has 0 bridgehead atoms. The Morgan fingerprint density at radius 1 is 1.17 bits per heavy atom. The van der Waals surface area contributed by atoms with Gasteiger partial charge in [0.25, 0.3) is 0 Å². The van der Waals surface area contributed by atoms with E-state index < -0.39 is 0 Å². The lowest BCUT2D eigenvalue weighted by atomic mass is 10.2. The SMILES string of the molecule is CN(C)C(=NCC(c1ccco1)N(C)C)N(C)C. The summed E-state index contributed by atoms with van der Waals surface area (Å²) >= 11 is 0. The smallest absolute Gasteiger partial charge is 0.195 e. The van der Waals surface area contributed by atoms with E-state index in [9.17, 15) is 0 Å². The number of aliphatic imine (C=N–C) groups is 1. The summed E-state index contributed by atoms with van der Waals surface area (Å²) in [5.74, 6) is 1.90. The predicted octanol–water partition coefficient (Wildman–Crippen LogP) is 1.36. The van der Waals surface area contributed by atoms with Gasteiger partial charge in [-0.25, -0.2) is 0 Å². The topological polar surface area (TPSA) is 35.2 Å². The van der Waals surface area contributed by atoms with E-state index in [0.29, 0.717) is 6.54 Å². The van der Waals surface area contributed by atoms with E-state index in [4.69, 9.17) is 4.42 Å². The molecule has 0 fully saturated rings. The van der Waals surface area contributed by atoms with Gasteiger partial charge in [0.05, 0.1) is 18.8 Å². The van der Waals surface area contributed by atoms with Crippen LogP contribution in [0.4, 0.5) is 0 Å². The zero-order chi connectivity index (χ0) is 13.7. The van der Waals surface area contributed by atoms with Gasteiger partial charge in [0, 0.05) is 28.2 Å². The Morgan fingerprint density at radius 3 is 2.17 bits per heavy atom. The first kappa shape index (κ1) is 14.6. The van der Waals surface area contributed by atoms with Gasteiger partial charge in [-0.3, -0.25) is 9.89 Å². The highest BCUT2D eigenvalue weighted by molar-refractivity contribution is 5.79. The summed E-state index contributed by atoms with van der Waals surface area (Å²) in [4.78, 5) is 10.8. The Kier molecular flexibility index (Phi) is 5.22. The number of hydrogen-bond acceptors (Lipinski definition) is 3. The lowest BCUT2D eigenvalue weighted by Gasteiger charge is -2.25. The number of rotatable bonds is 4. The third-order valence-corrected chi connectivity index (χ3v) is 2.70. The van der Waals surface area contributed by atoms with E-state index in [1.165, 1.54) is 0 Å². The first-order valence-electron chi connectivity index (χ1n) is 6.02. The highest BCUT2D eigenvalue weighted by atomic mass is 16.3. The molecular weight excluding hydrogens is 228 g/mol. The fourth-order valence-electron chi connectivity index (χ4n) is 1.84. The highest BCUT2D eigenvalue weighted by Gasteiger charge is 2.17. The van der Waals surface area contributed by atoms with Crippen molar-refractivity contribution in [1.29, 1.82) is 0 Å². The van der Waals surface area contributed by atoms with Crippen molar-refractivity contribution in [3.8, 4) is 0 Å². The van der Waals surface area contributed by atoms with Crippen molar-refractivity contribution in [2.24, 2.45) is 4.99 Å². The monoisotopic (exact) mass is 252 g/mol. The standard InChI is InChI=1S/C13H24N4O/c1-15(2)11(12-8-7-9-18-12)10-14-13(16(3)4)17(5)6/h7-9,11H,10H2,1-6H3. The Hall–Kier alpha value is -1.49. The maximum Gasteiger partial charge on any atom is 0.195 e. The van der Waals surface area contributed by atoms with Crippen LogP contribution in [0.2, 0.25) is 0 Å². The maximum atomic E-state index is 5.47. The minimum absolute atomic E-state index is 0.162. The first-order chi connectivity index (χ1) is 8.43. The number of guanidine groups is 1. The van der Waals surface area contributed by atoms with Crippen molar-refractivity contribution < 1.29 is 4.42 Å². The zero-order valence-electron chi connectivity index (χ0n) is 12.2. The summed E-state index contributed by atoms with van der Waals surface area (Å²) in [7, 11) is 12.1. The van der Waals surface area contributed by atoms with Gasteiger partial charge >= 0.3 is 0 Å². The van der Waals surface area contributed by atoms with E-state index in [2.05, 4.69) is 9.89 Å². The average molecular weight is 252 g/mol. The molecule has 0 radical (unpaired) electrons. The van der Waals surface area contributed by atoms with E-state index in [1.54, 1.807) is 6.26 Å². The molecule has 102 valence electrons. The molecule has 1 heterocycles. The molecule has 0 aliphatic carbocycles. The first-order valence-corrected chi connectivity index (χ1v) is 6.02. The van der Waals surface area contributed by atoms with Crippen molar-refractivity contribution >= 4 is 5.96 Å². The molecule has 0 spiro atoms. The van der Waals surface area contributed by atoms with Gasteiger partial charge in [0.15, 0.2) is 5.96 Å². The number of furan rings is 1. The summed E-state index contributed by atoms with van der Waals surface area (Å²) in [5, 5.41) is 0. The third-order valence-electron chi connectivity index (χ3n) is 2.70. The van der Waals surface area contributed by atoms with Gasteiger partial charge in [-0.15, -0.1) is 0 Å². The van der Waals surface area contributed by atoms with Crippen molar-refractivity contribution in [3.05, 3.63) is 24.2 Å². The Bertz CT molecular complexity index is 358. The van der Waals surface area contributed by atoms with Crippen LogP contribution in [-0.4, -0.2) is 69.5 Å². The summed E-state index contributed by atoms with van der Waals surface area (Å²) in [6, 6.07) is 4.06. The Balaban J connectivity index is 2.82. The molecule has 0 aromatic carbocycles. The summed E-state index contributed by atoms with van der Waals surface area (Å²) in [6.07, 6.45) is 1.70. The largest absolute Gasteiger partial charge is 0.468 e. The van der Waals surface area contributed by atoms with Gasteiger partial charge in [-0.2, -0.15) is 0 Å². The molecule has 0 N–H and O–H groups in total. The molecule has 1 atom stereocenters. The predicted molar refractivity (Wildman–Crippen MR) is 74.8 cm³/mol. The molecule has 1 aromatic heterocycles. The van der Waals surface area contributed by atoms with Gasteiger partial charge in [-0.1, -0.05) is 0 Å². The second-order valence-corrected chi connectivity index (χ2v) is 4.92. The molecule has 5 heteroatoms. The molecule has 0 aliphatic rings. The molecule has 0 amide bonds. The highest BCUT2D eigenvalue weighted by Crippen LogP contribution is 2.19. The number of nitrogens with zero attached hydrogens (tertiary/aromatic N) is 4. The second kappa shape index (κ2) is 6.44. The molecule has 1 rings (SSSR count). The Morgan fingerprint density at radius 2 is 1.78 bits per heavy atom. The molecule has 0 aliphatic heterocycles. The minimum Gasteiger partial charge on any atom is -0.468 e. The molecule has 1 unspecified atom stereocenters. The molecule has 5 nitrogen and oxygen atoms in total. The van der Waals surface area contributed by atoms with Crippen LogP contribution in [0, 0.1) is 0 Å². The molecule has 0 saturated carbocycles. The summed E-state index contributed by atoms with van der Waals surface area (Å²) < 4.78 is 5.47. The van der Waals surface area contributed by atoms with Gasteiger partial charge in [-0.05, 0) is 26.2 Å². The van der Waals surface area contributed by atoms with Crippen LogP contribution >= 0.6 is 0 Å². The molecular formula is C13H24N4O. The van der Waals surface area contributed by atoms with Crippen LogP contribution in [0.5, 0.6) is 0 Å². The Labute approximate surface area is 110 Å². The van der Waals surface area contributed by atoms with Crippen molar-refractivity contribution in [1.82, 2.24) is 14.7 Å². The van der Waals surface area contributed by atoms with E-state index in [-0.39, 0.29) is 6.04 Å². The zero-order valence-corrected chi connectivity index (χ0v) is 12.2. The average Bonchev–Trinajstić information content (AvgIpc) is 2.75. The maximum absolute atomic E-state index is 5.47. The van der Waals surface area contributed by atoms with Crippen LogP contribution in [0.1, 0.15) is 11.8 Å². The van der Waals surface area contributed by atoms with Crippen molar-refractivity contribution in [2.75, 3.05) is 48.8 Å². The van der Waals surface area contributed by atoms with Crippen LogP contribution in [0.3, 0.4) is 0 Å². The van der Waals surface area contributed by atoms with E-state index in [0.717, 1.165) is 11.7 Å². The van der Waals surface area contributed by atoms with Crippen LogP contribution in [-0.2, 0) is 0 Å². The summed E-state index contributed by atoms with van der Waals surface area (Å²) in [6.45, 7) is 0.673. The second-order valence-electron chi connectivity index (χ2n) is 4.92. The molecule has 0 saturated heterocycles. The van der Waals surface area contributed by atoms with Crippen molar-refractivity contribution in [3.63, 3.8) is 0 Å². The quantitative estimate of drug-likeness (QED) is 0.599. The minimum atomic E-state index is 0.162. The van der Waals surface area contributed by atoms with Crippen LogP contribution in [0.25, 0.3) is 0 Å². The van der Waals surface area contributed by atoms with Crippen LogP contribution < -0.4 is 0 Å². The lowest BCUT2D eigenvalue weighted by Crippen LogP contribution is -2.36. The van der Waals surface area contributed by atoms with Gasteiger partial charge < -0.3 is 14.2 Å². The third kappa shape index (κ3) is 3.77. The van der Waals surface area contributed by atoms with E-state index in [1.807, 2.05) is 64.2 Å². The molecule has 18 heavy (non-hydrogen) atoms. The fraction of sp³-hybridized carbons (Fsp3) is 0.615. The normalized spacial score (nSPS) is 12.4. The molecule has 1 aromatic rings. The van der Waals surface area contributed by atoms with E-state index >= 15 is 0 Å². The lowest BCUT2D eigenvalue weighted by molar-refractivity contribution is 0.263. The van der Waals surface area contributed by atoms with Crippen LogP contribution in [0.15, 0.2) is 27.8 Å². The number of likely N-dealkylation sites (N-methyl/N-ethyl adjacent to an activating group) is 1.